The zero-order valence-corrected chi connectivity index (χ0v) is 13.9. The van der Waals surface area contributed by atoms with Crippen molar-refractivity contribution in [3.05, 3.63) is 60.9 Å². The van der Waals surface area contributed by atoms with Crippen LogP contribution in [-0.2, 0) is 20.8 Å². The molecule has 0 bridgehead atoms. The molecular weight excluding hydrogens is 332 g/mol. The molecule has 1 heterocycles. The first-order valence-corrected chi connectivity index (χ1v) is 9.80. The van der Waals surface area contributed by atoms with Crippen LogP contribution in [0.1, 0.15) is 0 Å². The third-order valence-electron chi connectivity index (χ3n) is 3.37. The lowest BCUT2D eigenvalue weighted by Crippen LogP contribution is -2.13. The Kier molecular flexibility index (Phi) is 4.14. The van der Waals surface area contributed by atoms with Crippen molar-refractivity contribution in [1.82, 2.24) is 4.98 Å². The highest BCUT2D eigenvalue weighted by atomic mass is 32.2. The van der Waals surface area contributed by atoms with Crippen molar-refractivity contribution < 1.29 is 12.6 Å². The highest BCUT2D eigenvalue weighted by molar-refractivity contribution is 7.93. The van der Waals surface area contributed by atoms with Gasteiger partial charge in [0.25, 0.3) is 10.0 Å². The summed E-state index contributed by atoms with van der Waals surface area (Å²) >= 11 is 0. The molecule has 2 aromatic carbocycles. The molecule has 23 heavy (non-hydrogen) atoms. The highest BCUT2D eigenvalue weighted by Gasteiger charge is 2.17. The maximum atomic E-state index is 12.6. The van der Waals surface area contributed by atoms with E-state index in [9.17, 15) is 12.6 Å². The maximum Gasteiger partial charge on any atom is 0.262 e. The summed E-state index contributed by atoms with van der Waals surface area (Å²) in [6, 6.07) is 13.3. The Hall–Kier alpha value is -2.25. The molecular formula is C16H14N2O3S2. The minimum Gasteiger partial charge on any atom is -0.280 e. The van der Waals surface area contributed by atoms with Gasteiger partial charge in [-0.05, 0) is 41.8 Å². The van der Waals surface area contributed by atoms with Crippen LogP contribution >= 0.6 is 0 Å². The van der Waals surface area contributed by atoms with Crippen LogP contribution in [0.5, 0.6) is 0 Å². The average molecular weight is 346 g/mol. The topological polar surface area (TPSA) is 76.1 Å². The van der Waals surface area contributed by atoms with Crippen LogP contribution in [0.25, 0.3) is 10.8 Å². The van der Waals surface area contributed by atoms with E-state index in [1.807, 2.05) is 6.07 Å². The number of pyridine rings is 1. The molecule has 3 aromatic rings. The fourth-order valence-corrected chi connectivity index (χ4v) is 4.04. The molecule has 1 N–H and O–H groups in total. The largest absolute Gasteiger partial charge is 0.280 e. The minimum atomic E-state index is -3.74. The van der Waals surface area contributed by atoms with Gasteiger partial charge >= 0.3 is 0 Å². The number of anilines is 1. The van der Waals surface area contributed by atoms with Crippen molar-refractivity contribution >= 4 is 37.3 Å². The van der Waals surface area contributed by atoms with Gasteiger partial charge in [0.2, 0.25) is 0 Å². The molecule has 0 amide bonds. The highest BCUT2D eigenvalue weighted by Crippen LogP contribution is 2.24. The number of rotatable bonds is 4. The van der Waals surface area contributed by atoms with Gasteiger partial charge < -0.3 is 0 Å². The number of hydrogen-bond acceptors (Lipinski definition) is 4. The maximum absolute atomic E-state index is 12.6. The van der Waals surface area contributed by atoms with Crippen molar-refractivity contribution in [2.24, 2.45) is 0 Å². The van der Waals surface area contributed by atoms with Gasteiger partial charge in [0.05, 0.1) is 4.90 Å². The average Bonchev–Trinajstić information content (AvgIpc) is 2.54. The summed E-state index contributed by atoms with van der Waals surface area (Å²) in [6.45, 7) is 0. The van der Waals surface area contributed by atoms with Gasteiger partial charge in [0, 0.05) is 45.4 Å². The summed E-state index contributed by atoms with van der Waals surface area (Å²) in [5.41, 5.74) is 0.417. The fraction of sp³-hybridized carbons (Fsp3) is 0.0625. The number of nitrogens with zero attached hydrogens (tertiary/aromatic N) is 1. The zero-order chi connectivity index (χ0) is 16.4. The Labute approximate surface area is 136 Å². The third-order valence-corrected chi connectivity index (χ3v) is 5.75. The first kappa shape index (κ1) is 15.6. The van der Waals surface area contributed by atoms with Gasteiger partial charge in [-0.1, -0.05) is 12.1 Å². The predicted octanol–water partition coefficient (Wildman–Crippen LogP) is 2.77. The summed E-state index contributed by atoms with van der Waals surface area (Å²) in [6.07, 6.45) is 4.73. The van der Waals surface area contributed by atoms with Gasteiger partial charge in [-0.3, -0.25) is 13.9 Å². The number of hydrogen-bond donors (Lipinski definition) is 1. The SMILES string of the molecule is CS(=O)c1ccc(NS(=O)(=O)c2cccc3ccncc23)cc1. The van der Waals surface area contributed by atoms with Gasteiger partial charge in [-0.25, -0.2) is 8.42 Å². The standard InChI is InChI=1S/C16H14N2O3S2/c1-22(19)14-7-5-13(6-8-14)18-23(20,21)16-4-2-3-12-9-10-17-11-15(12)16/h2-11,18H,1H3. The van der Waals surface area contributed by atoms with Crippen LogP contribution in [-0.4, -0.2) is 23.9 Å². The van der Waals surface area contributed by atoms with Crippen LogP contribution in [0.15, 0.2) is 70.7 Å². The molecule has 0 aliphatic heterocycles. The lowest BCUT2D eigenvalue weighted by molar-refractivity contribution is 0.602. The first-order chi connectivity index (χ1) is 11.0. The molecule has 0 fully saturated rings. The molecule has 1 atom stereocenters. The van der Waals surface area contributed by atoms with E-state index in [-0.39, 0.29) is 4.90 Å². The monoisotopic (exact) mass is 346 g/mol. The normalized spacial score (nSPS) is 12.9. The Balaban J connectivity index is 1.99. The number of aromatic nitrogens is 1. The molecule has 0 saturated carbocycles. The molecule has 3 rings (SSSR count). The molecule has 0 aliphatic rings. The summed E-state index contributed by atoms with van der Waals surface area (Å²) in [5, 5.41) is 1.37. The van der Waals surface area contributed by atoms with Crippen LogP contribution < -0.4 is 4.72 Å². The van der Waals surface area contributed by atoms with Crippen molar-refractivity contribution in [3.8, 4) is 0 Å². The van der Waals surface area contributed by atoms with E-state index in [2.05, 4.69) is 9.71 Å². The zero-order valence-electron chi connectivity index (χ0n) is 12.3. The van der Waals surface area contributed by atoms with Crippen LogP contribution in [0.3, 0.4) is 0 Å². The summed E-state index contributed by atoms with van der Waals surface area (Å²) in [4.78, 5) is 4.81. The van der Waals surface area contributed by atoms with Gasteiger partial charge in [0.15, 0.2) is 0 Å². The second kappa shape index (κ2) is 6.10. The quantitative estimate of drug-likeness (QED) is 0.788. The Morgan fingerprint density at radius 1 is 1.04 bits per heavy atom. The summed E-state index contributed by atoms with van der Waals surface area (Å²) in [7, 11) is -4.84. The van der Waals surface area contributed by atoms with E-state index in [4.69, 9.17) is 0 Å². The smallest absolute Gasteiger partial charge is 0.262 e. The molecule has 0 saturated heterocycles. The van der Waals surface area contributed by atoms with Crippen LogP contribution in [0.4, 0.5) is 5.69 Å². The van der Waals surface area contributed by atoms with Crippen molar-refractivity contribution in [2.75, 3.05) is 11.0 Å². The van der Waals surface area contributed by atoms with Crippen molar-refractivity contribution in [3.63, 3.8) is 0 Å². The Morgan fingerprint density at radius 3 is 2.48 bits per heavy atom. The molecule has 1 aromatic heterocycles. The van der Waals surface area contributed by atoms with Gasteiger partial charge in [0.1, 0.15) is 0 Å². The molecule has 7 heteroatoms. The molecule has 118 valence electrons. The van der Waals surface area contributed by atoms with Crippen LogP contribution in [0.2, 0.25) is 0 Å². The number of nitrogens with one attached hydrogen (secondary N) is 1. The van der Waals surface area contributed by atoms with Crippen molar-refractivity contribution in [2.45, 2.75) is 9.79 Å². The van der Waals surface area contributed by atoms with Gasteiger partial charge in [-0.2, -0.15) is 0 Å². The Bertz CT molecular complexity index is 978. The lowest BCUT2D eigenvalue weighted by atomic mass is 10.2. The van der Waals surface area contributed by atoms with Gasteiger partial charge in [-0.15, -0.1) is 0 Å². The van der Waals surface area contributed by atoms with E-state index in [0.29, 0.717) is 16.0 Å². The molecule has 0 spiro atoms. The first-order valence-electron chi connectivity index (χ1n) is 6.76. The predicted molar refractivity (Wildman–Crippen MR) is 91.3 cm³/mol. The summed E-state index contributed by atoms with van der Waals surface area (Å²) in [5.74, 6) is 0. The number of fused-ring (bicyclic) bond motifs is 1. The summed E-state index contributed by atoms with van der Waals surface area (Å²) < 4.78 is 39.2. The van der Waals surface area contributed by atoms with E-state index >= 15 is 0 Å². The lowest BCUT2D eigenvalue weighted by Gasteiger charge is -2.10. The molecule has 5 nitrogen and oxygen atoms in total. The molecule has 1 unspecified atom stereocenters. The van der Waals surface area contributed by atoms with Crippen molar-refractivity contribution in [1.29, 1.82) is 0 Å². The van der Waals surface area contributed by atoms with E-state index < -0.39 is 20.8 Å². The van der Waals surface area contributed by atoms with E-state index in [1.54, 1.807) is 54.9 Å². The Morgan fingerprint density at radius 2 is 1.78 bits per heavy atom. The second-order valence-corrected chi connectivity index (χ2v) is 7.97. The third kappa shape index (κ3) is 3.25. The van der Waals surface area contributed by atoms with E-state index in [0.717, 1.165) is 5.39 Å². The molecule has 0 radical (unpaired) electrons. The number of sulfonamides is 1. The number of benzene rings is 2. The van der Waals surface area contributed by atoms with E-state index in [1.165, 1.54) is 6.20 Å². The molecule has 0 aliphatic carbocycles. The van der Waals surface area contributed by atoms with Crippen LogP contribution in [0, 0.1) is 0 Å². The minimum absolute atomic E-state index is 0.172. The second-order valence-electron chi connectivity index (χ2n) is 4.94. The fourth-order valence-electron chi connectivity index (χ4n) is 2.24.